The number of carbonyl (C=O) groups is 1. The summed E-state index contributed by atoms with van der Waals surface area (Å²) in [6, 6.07) is 20.2. The summed E-state index contributed by atoms with van der Waals surface area (Å²) in [5, 5.41) is 7.55. The van der Waals surface area contributed by atoms with Gasteiger partial charge in [0.2, 0.25) is 0 Å². The van der Waals surface area contributed by atoms with Crippen LogP contribution < -0.4 is 15.4 Å². The van der Waals surface area contributed by atoms with Crippen molar-refractivity contribution in [3.8, 4) is 11.5 Å². The van der Waals surface area contributed by atoms with Gasteiger partial charge in [0.1, 0.15) is 11.5 Å². The summed E-state index contributed by atoms with van der Waals surface area (Å²) >= 11 is 0. The molecule has 0 saturated heterocycles. The number of aromatic nitrogens is 1. The fourth-order valence-electron chi connectivity index (χ4n) is 3.36. The van der Waals surface area contributed by atoms with E-state index in [-0.39, 0.29) is 11.5 Å². The predicted octanol–water partition coefficient (Wildman–Crippen LogP) is 6.95. The van der Waals surface area contributed by atoms with Gasteiger partial charge in [-0.3, -0.25) is 9.78 Å². The maximum absolute atomic E-state index is 13.4. The van der Waals surface area contributed by atoms with E-state index in [2.05, 4.69) is 15.6 Å². The minimum atomic E-state index is -2.99. The Hall–Kier alpha value is -3.57. The molecule has 3 aromatic carbocycles. The first-order chi connectivity index (χ1) is 16.8. The number of anilines is 1. The Morgan fingerprint density at radius 2 is 1.77 bits per heavy atom. The number of carbonyl (C=O) groups excluding carboxylic acids is 1. The molecule has 0 fully saturated rings. The molecule has 0 bridgehead atoms. The largest absolute Gasteiger partial charge is 0.457 e. The second-order valence-electron chi connectivity index (χ2n) is 7.41. The highest BCUT2D eigenvalue weighted by Gasteiger charge is 2.24. The fraction of sp³-hybridized carbons (Fsp3) is 0.185. The molecule has 1 amide bonds. The van der Waals surface area contributed by atoms with Gasteiger partial charge in [-0.1, -0.05) is 35.2 Å². The van der Waals surface area contributed by atoms with Crippen LogP contribution in [0.3, 0.4) is 0 Å². The van der Waals surface area contributed by atoms with Crippen molar-refractivity contribution in [2.24, 2.45) is 0 Å². The standard InChI is InChI=1S/C25H22F2N3O2P.C2H6/c1-28-19-11-12-29-20(14-19)15-30-24(31)17-5-10-22-16(13-17)3-2-4-23(22)32-21-8-6-18(7-9-21)25(26,27)33;1-2/h2-14H,15,33H2,1H3,(H,28,29)(H,30,31);1-2H3. The molecule has 4 rings (SSSR count). The Balaban J connectivity index is 0.00000167. The van der Waals surface area contributed by atoms with Crippen molar-refractivity contribution in [3.05, 3.63) is 95.8 Å². The van der Waals surface area contributed by atoms with Gasteiger partial charge < -0.3 is 15.4 Å². The quantitative estimate of drug-likeness (QED) is 0.272. The van der Waals surface area contributed by atoms with Gasteiger partial charge in [0.05, 0.1) is 12.2 Å². The molecule has 4 aromatic rings. The van der Waals surface area contributed by atoms with Gasteiger partial charge in [0, 0.05) is 35.4 Å². The number of hydrogen-bond acceptors (Lipinski definition) is 4. The minimum Gasteiger partial charge on any atom is -0.457 e. The van der Waals surface area contributed by atoms with Gasteiger partial charge in [-0.15, -0.1) is 0 Å². The molecule has 1 aromatic heterocycles. The van der Waals surface area contributed by atoms with Gasteiger partial charge in [-0.25, -0.2) is 0 Å². The number of rotatable bonds is 7. The van der Waals surface area contributed by atoms with Crippen LogP contribution in [0.5, 0.6) is 11.5 Å². The number of nitrogens with one attached hydrogen (secondary N) is 2. The summed E-state index contributed by atoms with van der Waals surface area (Å²) in [6.07, 6.45) is 1.69. The smallest absolute Gasteiger partial charge is 0.283 e. The Bertz CT molecular complexity index is 1290. The van der Waals surface area contributed by atoms with Crippen molar-refractivity contribution in [3.63, 3.8) is 0 Å². The number of pyridine rings is 1. The number of nitrogens with zero attached hydrogens (tertiary/aromatic N) is 1. The molecule has 0 saturated carbocycles. The molecule has 1 heterocycles. The van der Waals surface area contributed by atoms with Crippen LogP contribution in [0, 0.1) is 0 Å². The zero-order valence-electron chi connectivity index (χ0n) is 19.8. The summed E-state index contributed by atoms with van der Waals surface area (Å²) in [6.45, 7) is 4.31. The number of benzene rings is 3. The molecule has 1 atom stereocenters. The zero-order valence-corrected chi connectivity index (χ0v) is 21.0. The summed E-state index contributed by atoms with van der Waals surface area (Å²) in [5.74, 6) is 0.797. The van der Waals surface area contributed by atoms with E-state index in [0.717, 1.165) is 22.2 Å². The topological polar surface area (TPSA) is 63.2 Å². The minimum absolute atomic E-state index is 0.110. The van der Waals surface area contributed by atoms with E-state index in [1.54, 1.807) is 24.4 Å². The third-order valence-corrected chi connectivity index (χ3v) is 5.44. The number of amides is 1. The first-order valence-electron chi connectivity index (χ1n) is 11.2. The van der Waals surface area contributed by atoms with Crippen LogP contribution in [0.15, 0.2) is 79.0 Å². The lowest BCUT2D eigenvalue weighted by Crippen LogP contribution is -2.23. The van der Waals surface area contributed by atoms with Crippen molar-refractivity contribution in [2.45, 2.75) is 26.1 Å². The third kappa shape index (κ3) is 6.74. The van der Waals surface area contributed by atoms with Crippen LogP contribution in [-0.4, -0.2) is 17.9 Å². The van der Waals surface area contributed by atoms with Crippen LogP contribution in [0.25, 0.3) is 10.8 Å². The molecule has 8 heteroatoms. The number of halogens is 2. The van der Waals surface area contributed by atoms with Gasteiger partial charge in [0.15, 0.2) is 0 Å². The maximum Gasteiger partial charge on any atom is 0.283 e. The van der Waals surface area contributed by atoms with Crippen LogP contribution in [0.2, 0.25) is 0 Å². The van der Waals surface area contributed by atoms with Crippen LogP contribution in [0.1, 0.15) is 35.5 Å². The Morgan fingerprint density at radius 1 is 1.03 bits per heavy atom. The van der Waals surface area contributed by atoms with Crippen LogP contribution >= 0.6 is 9.24 Å². The second-order valence-corrected chi connectivity index (χ2v) is 8.14. The third-order valence-electron chi connectivity index (χ3n) is 5.10. The molecule has 0 radical (unpaired) electrons. The van der Waals surface area contributed by atoms with Crippen molar-refractivity contribution in [2.75, 3.05) is 12.4 Å². The molecule has 0 aliphatic rings. The predicted molar refractivity (Wildman–Crippen MR) is 140 cm³/mol. The number of alkyl halides is 2. The van der Waals surface area contributed by atoms with E-state index in [1.165, 1.54) is 33.5 Å². The van der Waals surface area contributed by atoms with E-state index in [4.69, 9.17) is 4.74 Å². The van der Waals surface area contributed by atoms with E-state index in [0.29, 0.717) is 23.6 Å². The van der Waals surface area contributed by atoms with Crippen molar-refractivity contribution >= 4 is 31.6 Å². The molecule has 0 aliphatic heterocycles. The molecular formula is C27H28F2N3O2P. The lowest BCUT2D eigenvalue weighted by atomic mass is 10.1. The first-order valence-corrected chi connectivity index (χ1v) is 11.8. The molecule has 182 valence electrons. The summed E-state index contributed by atoms with van der Waals surface area (Å²) in [7, 11) is 3.34. The second kappa shape index (κ2) is 11.7. The van der Waals surface area contributed by atoms with Crippen molar-refractivity contribution in [1.29, 1.82) is 0 Å². The summed E-state index contributed by atoms with van der Waals surface area (Å²) < 4.78 is 32.7. The fourth-order valence-corrected chi connectivity index (χ4v) is 3.55. The highest BCUT2D eigenvalue weighted by atomic mass is 31.0. The summed E-state index contributed by atoms with van der Waals surface area (Å²) in [5.41, 5.74) is -0.917. The molecule has 0 aliphatic carbocycles. The zero-order chi connectivity index (χ0) is 25.4. The van der Waals surface area contributed by atoms with E-state index >= 15 is 0 Å². The van der Waals surface area contributed by atoms with E-state index in [1.807, 2.05) is 51.2 Å². The Morgan fingerprint density at radius 3 is 2.46 bits per heavy atom. The van der Waals surface area contributed by atoms with Crippen LogP contribution in [0.4, 0.5) is 14.5 Å². The lowest BCUT2D eigenvalue weighted by Gasteiger charge is -2.13. The van der Waals surface area contributed by atoms with Gasteiger partial charge in [-0.05, 0) is 66.0 Å². The van der Waals surface area contributed by atoms with Gasteiger partial charge in [-0.2, -0.15) is 8.78 Å². The van der Waals surface area contributed by atoms with Gasteiger partial charge >= 0.3 is 0 Å². The summed E-state index contributed by atoms with van der Waals surface area (Å²) in [4.78, 5) is 16.9. The lowest BCUT2D eigenvalue weighted by molar-refractivity contribution is 0.0950. The Labute approximate surface area is 206 Å². The van der Waals surface area contributed by atoms with E-state index < -0.39 is 5.66 Å². The molecule has 1 unspecified atom stereocenters. The first kappa shape index (κ1) is 26.0. The number of ether oxygens (including phenoxy) is 1. The van der Waals surface area contributed by atoms with Crippen molar-refractivity contribution in [1.82, 2.24) is 10.3 Å². The highest BCUT2D eigenvalue weighted by molar-refractivity contribution is 7.17. The van der Waals surface area contributed by atoms with Gasteiger partial charge in [0.25, 0.3) is 11.6 Å². The van der Waals surface area contributed by atoms with Crippen molar-refractivity contribution < 1.29 is 18.3 Å². The highest BCUT2D eigenvalue weighted by Crippen LogP contribution is 2.36. The molecule has 35 heavy (non-hydrogen) atoms. The normalized spacial score (nSPS) is 10.8. The Kier molecular flexibility index (Phi) is 8.72. The average Bonchev–Trinajstić information content (AvgIpc) is 2.88. The number of hydrogen-bond donors (Lipinski definition) is 2. The molecule has 0 spiro atoms. The number of fused-ring (bicyclic) bond motifs is 1. The maximum atomic E-state index is 13.4. The molecule has 5 nitrogen and oxygen atoms in total. The van der Waals surface area contributed by atoms with E-state index in [9.17, 15) is 13.6 Å². The SMILES string of the molecule is CC.CNc1ccnc(CNC(=O)c2ccc3c(Oc4ccc(C(F)(F)P)cc4)cccc3c2)c1. The monoisotopic (exact) mass is 495 g/mol. The van der Waals surface area contributed by atoms with Crippen LogP contribution in [-0.2, 0) is 12.2 Å². The average molecular weight is 496 g/mol. The molecular weight excluding hydrogens is 467 g/mol. The molecule has 2 N–H and O–H groups in total.